The summed E-state index contributed by atoms with van der Waals surface area (Å²) in [5.74, 6) is -0.906. The van der Waals surface area contributed by atoms with E-state index in [4.69, 9.17) is 18.5 Å². The van der Waals surface area contributed by atoms with E-state index < -0.39 is 32.5 Å². The van der Waals surface area contributed by atoms with E-state index in [0.29, 0.717) is 23.9 Å². The zero-order chi connectivity index (χ0) is 59.8. The summed E-state index contributed by atoms with van der Waals surface area (Å²) in [7, 11) is 1.12. The van der Waals surface area contributed by atoms with Crippen LogP contribution >= 0.6 is 7.82 Å². The van der Waals surface area contributed by atoms with Crippen molar-refractivity contribution in [1.82, 2.24) is 0 Å². The van der Waals surface area contributed by atoms with Crippen molar-refractivity contribution < 1.29 is 42.1 Å². The minimum Gasteiger partial charge on any atom is -0.756 e. The quantitative estimate of drug-likeness (QED) is 0.0195. The highest BCUT2D eigenvalue weighted by atomic mass is 31.2. The Hall–Kier alpha value is -3.85. The molecule has 0 bridgehead atoms. The predicted molar refractivity (Wildman–Crippen MR) is 351 cm³/mol. The Kier molecular flexibility index (Phi) is 58.8. The first-order chi connectivity index (χ1) is 40.0. The minimum absolute atomic E-state index is 0.0482. The Labute approximate surface area is 504 Å². The van der Waals surface area contributed by atoms with Crippen molar-refractivity contribution in [2.24, 2.45) is 0 Å². The number of nitrogens with zero attached hydrogens (tertiary/aromatic N) is 1. The summed E-state index contributed by atoms with van der Waals surface area (Å²) in [6, 6.07) is 0. The predicted octanol–water partition coefficient (Wildman–Crippen LogP) is 20.6. The highest BCUT2D eigenvalue weighted by Crippen LogP contribution is 2.38. The molecule has 0 amide bonds. The van der Waals surface area contributed by atoms with Crippen LogP contribution in [0.3, 0.4) is 0 Å². The molecule has 0 spiro atoms. The Morgan fingerprint density at radius 1 is 0.390 bits per heavy atom. The van der Waals surface area contributed by atoms with Crippen LogP contribution in [0.25, 0.3) is 0 Å². The molecule has 468 valence electrons. The first-order valence-electron chi connectivity index (χ1n) is 32.9. The molecular weight excluding hydrogens is 1040 g/mol. The molecule has 82 heavy (non-hydrogen) atoms. The number of quaternary nitrogens is 1. The molecule has 2 unspecified atom stereocenters. The topological polar surface area (TPSA) is 111 Å². The minimum atomic E-state index is -4.67. The van der Waals surface area contributed by atoms with Crippen LogP contribution in [-0.4, -0.2) is 70.0 Å². The summed E-state index contributed by atoms with van der Waals surface area (Å²) in [6.45, 7) is 4.05. The lowest BCUT2D eigenvalue weighted by Gasteiger charge is -2.28. The van der Waals surface area contributed by atoms with Crippen molar-refractivity contribution in [2.75, 3.05) is 47.5 Å². The number of phosphoric acid groups is 1. The molecule has 0 radical (unpaired) electrons. The van der Waals surface area contributed by atoms with Crippen molar-refractivity contribution in [3.63, 3.8) is 0 Å². The van der Waals surface area contributed by atoms with E-state index in [-0.39, 0.29) is 26.1 Å². The van der Waals surface area contributed by atoms with Crippen molar-refractivity contribution in [3.05, 3.63) is 134 Å². The average Bonchev–Trinajstić information content (AvgIpc) is 3.45. The van der Waals surface area contributed by atoms with Crippen LogP contribution in [-0.2, 0) is 32.7 Å². The Bertz CT molecular complexity index is 1850. The molecule has 0 aliphatic heterocycles. The fourth-order valence-corrected chi connectivity index (χ4v) is 9.36. The van der Waals surface area contributed by atoms with Gasteiger partial charge in [-0.25, -0.2) is 0 Å². The van der Waals surface area contributed by atoms with Crippen LogP contribution < -0.4 is 4.89 Å². The maximum atomic E-state index is 12.8. The molecular formula is C72H122NO8P. The van der Waals surface area contributed by atoms with Gasteiger partial charge in [0.1, 0.15) is 19.8 Å². The summed E-state index contributed by atoms with van der Waals surface area (Å²) in [4.78, 5) is 38.0. The van der Waals surface area contributed by atoms with Gasteiger partial charge in [-0.2, -0.15) is 0 Å². The number of carbonyl (C=O) groups excluding carboxylic acids is 2. The van der Waals surface area contributed by atoms with Crippen molar-refractivity contribution >= 4 is 19.8 Å². The number of phosphoric ester groups is 1. The number of unbranched alkanes of at least 4 members (excludes halogenated alkanes) is 23. The summed E-state index contributed by atoms with van der Waals surface area (Å²) >= 11 is 0. The molecule has 0 aliphatic carbocycles. The zero-order valence-corrected chi connectivity index (χ0v) is 54.0. The standard InChI is InChI=1S/C72H122NO8P/c1-6-8-10-12-14-16-18-20-22-24-26-28-30-32-34-36-38-40-42-44-46-48-50-52-54-56-58-60-62-64-71(74)78-68-70(69-80-82(76,77)79-67-66-73(3,4)5)81-72(75)65-63-61-59-57-55-53-51-49-47-45-43-41-39-37-35-33-31-29-27-25-23-21-19-17-15-13-11-9-7-2/h9,11,15,17-18,20-21,23-24,26-27,29,33,35,39,41,45,47,51,53,57,59,70H,6-8,10,12-14,16,19,22,25,28,30-32,34,36-38,40,42-44,46,48-50,52,54-56,58,60-69H2,1-5H3/b11-9-,17-15-,20-18-,23-21-,26-24-,29-27-,35-33-,41-39-,47-45-,53-51-,59-57-. The van der Waals surface area contributed by atoms with Crippen LogP contribution in [0.15, 0.2) is 134 Å². The van der Waals surface area contributed by atoms with E-state index in [1.54, 1.807) is 0 Å². The molecule has 0 aromatic rings. The van der Waals surface area contributed by atoms with Gasteiger partial charge < -0.3 is 27.9 Å². The lowest BCUT2D eigenvalue weighted by molar-refractivity contribution is -0.870. The molecule has 10 heteroatoms. The second-order valence-electron chi connectivity index (χ2n) is 22.7. The largest absolute Gasteiger partial charge is 0.756 e. The van der Waals surface area contributed by atoms with Crippen LogP contribution in [0.1, 0.15) is 258 Å². The van der Waals surface area contributed by atoms with Gasteiger partial charge >= 0.3 is 11.9 Å². The van der Waals surface area contributed by atoms with Gasteiger partial charge in [0.25, 0.3) is 7.82 Å². The third kappa shape index (κ3) is 65.3. The number of hydrogen-bond acceptors (Lipinski definition) is 8. The second kappa shape index (κ2) is 61.7. The SMILES string of the molecule is CC/C=C\C/C=C\C/C=C\C/C=C\C/C=C\C/C=C\C/C=C\C/C=C\C/C=C\CCCC(=O)OC(COC(=O)CCCCCCCCCCCCCCCCCCC/C=C\C/C=C\CCCCCCC)COP(=O)([O-])OCC[N+](C)(C)C. The normalized spacial score (nSPS) is 14.1. The van der Waals surface area contributed by atoms with Gasteiger partial charge in [-0.05, 0) is 109 Å². The van der Waals surface area contributed by atoms with Gasteiger partial charge in [0.2, 0.25) is 0 Å². The van der Waals surface area contributed by atoms with E-state index in [1.807, 2.05) is 27.2 Å². The molecule has 0 aromatic carbocycles. The van der Waals surface area contributed by atoms with Crippen LogP contribution in [0.2, 0.25) is 0 Å². The summed E-state index contributed by atoms with van der Waals surface area (Å²) in [6.07, 6.45) is 89.6. The lowest BCUT2D eigenvalue weighted by Crippen LogP contribution is -2.37. The third-order valence-corrected chi connectivity index (χ3v) is 14.6. The van der Waals surface area contributed by atoms with Crippen molar-refractivity contribution in [1.29, 1.82) is 0 Å². The fourth-order valence-electron chi connectivity index (χ4n) is 8.63. The van der Waals surface area contributed by atoms with Gasteiger partial charge in [-0.3, -0.25) is 14.2 Å². The number of ether oxygens (including phenoxy) is 2. The number of esters is 2. The third-order valence-electron chi connectivity index (χ3n) is 13.7. The van der Waals surface area contributed by atoms with Gasteiger partial charge in [-0.1, -0.05) is 270 Å². The molecule has 0 saturated carbocycles. The monoisotopic (exact) mass is 1160 g/mol. The van der Waals surface area contributed by atoms with E-state index in [1.165, 1.54) is 135 Å². The molecule has 0 heterocycles. The summed E-state index contributed by atoms with van der Waals surface area (Å²) in [5.41, 5.74) is 0. The zero-order valence-electron chi connectivity index (χ0n) is 53.1. The molecule has 0 saturated heterocycles. The molecule has 0 N–H and O–H groups in total. The van der Waals surface area contributed by atoms with Crippen LogP contribution in [0, 0.1) is 0 Å². The highest BCUT2D eigenvalue weighted by Gasteiger charge is 2.21. The molecule has 0 fully saturated rings. The first-order valence-corrected chi connectivity index (χ1v) is 34.4. The Morgan fingerprint density at radius 3 is 1.07 bits per heavy atom. The van der Waals surface area contributed by atoms with Gasteiger partial charge in [0.15, 0.2) is 6.10 Å². The summed E-state index contributed by atoms with van der Waals surface area (Å²) < 4.78 is 34.2. The van der Waals surface area contributed by atoms with E-state index >= 15 is 0 Å². The lowest BCUT2D eigenvalue weighted by atomic mass is 10.0. The maximum absolute atomic E-state index is 12.8. The molecule has 0 rings (SSSR count). The first kappa shape index (κ1) is 78.1. The van der Waals surface area contributed by atoms with E-state index in [0.717, 1.165) is 83.5 Å². The molecule has 0 aliphatic rings. The van der Waals surface area contributed by atoms with E-state index in [2.05, 4.69) is 141 Å². The van der Waals surface area contributed by atoms with Crippen LogP contribution in [0.5, 0.6) is 0 Å². The number of rotatable bonds is 59. The van der Waals surface area contributed by atoms with Gasteiger partial charge in [0.05, 0.1) is 27.7 Å². The van der Waals surface area contributed by atoms with E-state index in [9.17, 15) is 19.0 Å². The number of likely N-dealkylation sites (N-methyl/N-ethyl adjacent to an activating group) is 1. The Morgan fingerprint density at radius 2 is 0.707 bits per heavy atom. The summed E-state index contributed by atoms with van der Waals surface area (Å²) in [5, 5.41) is 0. The molecule has 2 atom stereocenters. The smallest absolute Gasteiger partial charge is 0.306 e. The highest BCUT2D eigenvalue weighted by molar-refractivity contribution is 7.45. The molecule has 9 nitrogen and oxygen atoms in total. The molecule has 0 aromatic heterocycles. The van der Waals surface area contributed by atoms with Crippen molar-refractivity contribution in [2.45, 2.75) is 264 Å². The number of hydrogen-bond donors (Lipinski definition) is 0. The van der Waals surface area contributed by atoms with Gasteiger partial charge in [-0.15, -0.1) is 0 Å². The Balaban J connectivity index is 4.21. The number of allylic oxidation sites excluding steroid dienone is 22. The second-order valence-corrected chi connectivity index (χ2v) is 24.2. The van der Waals surface area contributed by atoms with Crippen molar-refractivity contribution in [3.8, 4) is 0 Å². The maximum Gasteiger partial charge on any atom is 0.306 e. The average molecular weight is 1160 g/mol. The van der Waals surface area contributed by atoms with Gasteiger partial charge in [0, 0.05) is 12.8 Å². The fraction of sp³-hybridized carbons (Fsp3) is 0.667. The van der Waals surface area contributed by atoms with Crippen LogP contribution in [0.4, 0.5) is 0 Å². The number of carbonyl (C=O) groups is 2.